The molecule has 0 radical (unpaired) electrons. The number of rotatable bonds is 8. The number of hydrogen-bond donors (Lipinski definition) is 1. The minimum Gasteiger partial charge on any atom is -0.484 e. The summed E-state index contributed by atoms with van der Waals surface area (Å²) in [6.45, 7) is 6.78. The highest BCUT2D eigenvalue weighted by Gasteiger charge is 2.15. The minimum absolute atomic E-state index is 0.0848. The lowest BCUT2D eigenvalue weighted by Crippen LogP contribution is -2.34. The third-order valence-electron chi connectivity index (χ3n) is 4.04. The van der Waals surface area contributed by atoms with Gasteiger partial charge in [-0.25, -0.2) is 8.42 Å². The Labute approximate surface area is 165 Å². The van der Waals surface area contributed by atoms with E-state index in [0.29, 0.717) is 29.5 Å². The predicted octanol–water partition coefficient (Wildman–Crippen LogP) is 3.70. The van der Waals surface area contributed by atoms with Crippen LogP contribution in [0.3, 0.4) is 0 Å². The molecule has 0 aromatic heterocycles. The van der Waals surface area contributed by atoms with E-state index in [2.05, 4.69) is 4.72 Å². The van der Waals surface area contributed by atoms with E-state index in [-0.39, 0.29) is 17.4 Å². The second-order valence-corrected chi connectivity index (χ2v) is 7.99. The number of hydrogen-bond acceptors (Lipinski definition) is 4. The molecule has 2 aromatic carbocycles. The summed E-state index contributed by atoms with van der Waals surface area (Å²) >= 11 is 6.03. The zero-order chi connectivity index (χ0) is 20.0. The Hall–Kier alpha value is -2.25. The first-order valence-corrected chi connectivity index (χ1v) is 10.4. The summed E-state index contributed by atoms with van der Waals surface area (Å²) in [5.41, 5.74) is 1.25. The van der Waals surface area contributed by atoms with Gasteiger partial charge in [-0.3, -0.25) is 9.52 Å². The largest absolute Gasteiger partial charge is 0.484 e. The summed E-state index contributed by atoms with van der Waals surface area (Å²) < 4.78 is 32.9. The molecule has 0 saturated heterocycles. The minimum atomic E-state index is -3.75. The standard InChI is InChI=1S/C19H23ClN2O4S/c1-4-22(5-2)19(23)13-26-16-8-10-17(11-9-16)27(24,25)21-15-7-6-14(3)18(20)12-15/h6-12,21H,4-5,13H2,1-3H3. The first kappa shape index (κ1) is 21.1. The molecule has 0 unspecified atom stereocenters. The zero-order valence-electron chi connectivity index (χ0n) is 15.5. The average molecular weight is 411 g/mol. The molecule has 1 N–H and O–H groups in total. The number of ether oxygens (including phenoxy) is 1. The van der Waals surface area contributed by atoms with Crippen LogP contribution < -0.4 is 9.46 Å². The maximum absolute atomic E-state index is 12.5. The number of nitrogens with zero attached hydrogens (tertiary/aromatic N) is 1. The Morgan fingerprint density at radius 2 is 1.74 bits per heavy atom. The first-order chi connectivity index (χ1) is 12.8. The molecule has 27 heavy (non-hydrogen) atoms. The van der Waals surface area contributed by atoms with Gasteiger partial charge >= 0.3 is 0 Å². The quantitative estimate of drug-likeness (QED) is 0.720. The van der Waals surface area contributed by atoms with Crippen molar-refractivity contribution in [3.63, 3.8) is 0 Å². The van der Waals surface area contributed by atoms with Crippen molar-refractivity contribution < 1.29 is 17.9 Å². The number of carbonyl (C=O) groups excluding carboxylic acids is 1. The molecule has 0 bridgehead atoms. The van der Waals surface area contributed by atoms with Crippen LogP contribution in [0.15, 0.2) is 47.4 Å². The predicted molar refractivity (Wildman–Crippen MR) is 107 cm³/mol. The summed E-state index contributed by atoms with van der Waals surface area (Å²) in [5, 5.41) is 0.483. The molecule has 0 aliphatic rings. The fourth-order valence-corrected chi connectivity index (χ4v) is 3.63. The topological polar surface area (TPSA) is 75.7 Å². The molecule has 0 spiro atoms. The SMILES string of the molecule is CCN(CC)C(=O)COc1ccc(S(=O)(=O)Nc2ccc(C)c(Cl)c2)cc1. The molecule has 0 aliphatic heterocycles. The summed E-state index contributed by atoms with van der Waals surface area (Å²) in [6.07, 6.45) is 0. The number of carbonyl (C=O) groups is 1. The number of likely N-dealkylation sites (N-methyl/N-ethyl adjacent to an activating group) is 1. The molecule has 0 atom stereocenters. The lowest BCUT2D eigenvalue weighted by molar-refractivity contribution is -0.132. The van der Waals surface area contributed by atoms with Gasteiger partial charge in [-0.15, -0.1) is 0 Å². The summed E-state index contributed by atoms with van der Waals surface area (Å²) in [4.78, 5) is 13.7. The third kappa shape index (κ3) is 5.61. The van der Waals surface area contributed by atoms with E-state index >= 15 is 0 Å². The fraction of sp³-hybridized carbons (Fsp3) is 0.316. The number of aryl methyl sites for hydroxylation is 1. The average Bonchev–Trinajstić information content (AvgIpc) is 2.64. The molecular weight excluding hydrogens is 388 g/mol. The maximum Gasteiger partial charge on any atom is 0.261 e. The third-order valence-corrected chi connectivity index (χ3v) is 5.84. The molecular formula is C19H23ClN2O4S. The van der Waals surface area contributed by atoms with Gasteiger partial charge in [0.2, 0.25) is 0 Å². The van der Waals surface area contributed by atoms with E-state index in [4.69, 9.17) is 16.3 Å². The fourth-order valence-electron chi connectivity index (χ4n) is 2.40. The van der Waals surface area contributed by atoms with Gasteiger partial charge in [-0.2, -0.15) is 0 Å². The highest BCUT2D eigenvalue weighted by molar-refractivity contribution is 7.92. The Morgan fingerprint density at radius 1 is 1.11 bits per heavy atom. The lowest BCUT2D eigenvalue weighted by atomic mass is 10.2. The maximum atomic E-state index is 12.5. The van der Waals surface area contributed by atoms with Crippen molar-refractivity contribution in [3.05, 3.63) is 53.1 Å². The van der Waals surface area contributed by atoms with Gasteiger partial charge in [-0.1, -0.05) is 17.7 Å². The van der Waals surface area contributed by atoms with Crippen LogP contribution in [-0.4, -0.2) is 38.9 Å². The van der Waals surface area contributed by atoms with Crippen LogP contribution in [-0.2, 0) is 14.8 Å². The smallest absolute Gasteiger partial charge is 0.261 e. The second-order valence-electron chi connectivity index (χ2n) is 5.90. The van der Waals surface area contributed by atoms with Gasteiger partial charge in [0, 0.05) is 18.1 Å². The number of nitrogens with one attached hydrogen (secondary N) is 1. The lowest BCUT2D eigenvalue weighted by Gasteiger charge is -2.18. The van der Waals surface area contributed by atoms with Crippen molar-refractivity contribution in [2.24, 2.45) is 0 Å². The van der Waals surface area contributed by atoms with Crippen LogP contribution in [0.25, 0.3) is 0 Å². The van der Waals surface area contributed by atoms with Crippen molar-refractivity contribution in [2.75, 3.05) is 24.4 Å². The van der Waals surface area contributed by atoms with Crippen molar-refractivity contribution in [1.29, 1.82) is 0 Å². The van der Waals surface area contributed by atoms with Crippen LogP contribution in [0.2, 0.25) is 5.02 Å². The van der Waals surface area contributed by atoms with Gasteiger partial charge in [0.15, 0.2) is 6.61 Å². The number of anilines is 1. The van der Waals surface area contributed by atoms with E-state index in [1.54, 1.807) is 23.1 Å². The molecule has 1 amide bonds. The van der Waals surface area contributed by atoms with E-state index in [1.807, 2.05) is 20.8 Å². The molecule has 2 aromatic rings. The van der Waals surface area contributed by atoms with Crippen LogP contribution in [0.1, 0.15) is 19.4 Å². The molecule has 0 fully saturated rings. The summed E-state index contributed by atoms with van der Waals surface area (Å²) in [7, 11) is -3.75. The highest BCUT2D eigenvalue weighted by Crippen LogP contribution is 2.23. The molecule has 0 heterocycles. The van der Waals surface area contributed by atoms with Crippen molar-refractivity contribution in [2.45, 2.75) is 25.7 Å². The van der Waals surface area contributed by atoms with Crippen LogP contribution in [0, 0.1) is 6.92 Å². The Balaban J connectivity index is 2.04. The Bertz CT molecular complexity index is 894. The van der Waals surface area contributed by atoms with E-state index < -0.39 is 10.0 Å². The molecule has 2 rings (SSSR count). The van der Waals surface area contributed by atoms with E-state index in [0.717, 1.165) is 5.56 Å². The van der Waals surface area contributed by atoms with E-state index in [9.17, 15) is 13.2 Å². The molecule has 8 heteroatoms. The van der Waals surface area contributed by atoms with Gasteiger partial charge < -0.3 is 9.64 Å². The number of sulfonamides is 1. The second kappa shape index (κ2) is 9.10. The number of halogens is 1. The van der Waals surface area contributed by atoms with Crippen molar-refractivity contribution >= 4 is 33.2 Å². The summed E-state index contributed by atoms with van der Waals surface area (Å²) in [5.74, 6) is 0.308. The highest BCUT2D eigenvalue weighted by atomic mass is 35.5. The van der Waals surface area contributed by atoms with Crippen LogP contribution >= 0.6 is 11.6 Å². The normalized spacial score (nSPS) is 11.1. The van der Waals surface area contributed by atoms with Gasteiger partial charge in [-0.05, 0) is 62.7 Å². The van der Waals surface area contributed by atoms with Gasteiger partial charge in [0.25, 0.3) is 15.9 Å². The Morgan fingerprint density at radius 3 is 2.30 bits per heavy atom. The summed E-state index contributed by atoms with van der Waals surface area (Å²) in [6, 6.07) is 10.8. The van der Waals surface area contributed by atoms with Gasteiger partial charge in [0.1, 0.15) is 5.75 Å². The first-order valence-electron chi connectivity index (χ1n) is 8.56. The molecule has 0 saturated carbocycles. The Kier molecular flexibility index (Phi) is 7.10. The van der Waals surface area contributed by atoms with Gasteiger partial charge in [0.05, 0.1) is 10.6 Å². The van der Waals surface area contributed by atoms with Crippen molar-refractivity contribution in [3.8, 4) is 5.75 Å². The zero-order valence-corrected chi connectivity index (χ0v) is 17.1. The number of benzene rings is 2. The molecule has 0 aliphatic carbocycles. The monoisotopic (exact) mass is 410 g/mol. The number of amides is 1. The molecule has 146 valence electrons. The van der Waals surface area contributed by atoms with Crippen LogP contribution in [0.5, 0.6) is 5.75 Å². The van der Waals surface area contributed by atoms with E-state index in [1.165, 1.54) is 24.3 Å². The van der Waals surface area contributed by atoms with Crippen molar-refractivity contribution in [1.82, 2.24) is 4.90 Å². The van der Waals surface area contributed by atoms with Crippen LogP contribution in [0.4, 0.5) is 5.69 Å². The molecule has 6 nitrogen and oxygen atoms in total.